The molecule has 14 heavy (non-hydrogen) atoms. The fraction of sp³-hybridized carbons (Fsp3) is 0.917. The average molecular weight is 200 g/mol. The highest BCUT2D eigenvalue weighted by Gasteiger charge is 2.08. The van der Waals surface area contributed by atoms with E-state index in [2.05, 4.69) is 20.8 Å². The summed E-state index contributed by atoms with van der Waals surface area (Å²) in [5, 5.41) is 8.49. The molecule has 0 saturated heterocycles. The van der Waals surface area contributed by atoms with Gasteiger partial charge in [-0.15, -0.1) is 0 Å². The molecule has 2 unspecified atom stereocenters. The van der Waals surface area contributed by atoms with Crippen LogP contribution in [0.1, 0.15) is 59.3 Å². The lowest BCUT2D eigenvalue weighted by Crippen LogP contribution is -2.04. The summed E-state index contributed by atoms with van der Waals surface area (Å²) in [6.07, 6.45) is 6.00. The van der Waals surface area contributed by atoms with Crippen LogP contribution in [-0.4, -0.2) is 11.1 Å². The van der Waals surface area contributed by atoms with E-state index in [0.717, 1.165) is 18.8 Å². The van der Waals surface area contributed by atoms with E-state index in [1.54, 1.807) is 0 Å². The lowest BCUT2D eigenvalue weighted by molar-refractivity contribution is -0.137. The van der Waals surface area contributed by atoms with Gasteiger partial charge in [0.2, 0.25) is 0 Å². The molecule has 0 rings (SSSR count). The zero-order valence-corrected chi connectivity index (χ0v) is 9.75. The zero-order chi connectivity index (χ0) is 11.0. The van der Waals surface area contributed by atoms with Gasteiger partial charge in [-0.1, -0.05) is 40.0 Å². The van der Waals surface area contributed by atoms with E-state index in [1.807, 2.05) is 0 Å². The molecule has 0 aliphatic heterocycles. The number of hydrogen-bond donors (Lipinski definition) is 1. The number of carboxylic acids is 1. The summed E-state index contributed by atoms with van der Waals surface area (Å²) in [5.74, 6) is 0.800. The molecule has 0 aliphatic carbocycles. The molecule has 0 bridgehead atoms. The summed E-state index contributed by atoms with van der Waals surface area (Å²) in [4.78, 5) is 10.3. The smallest absolute Gasteiger partial charge is 0.303 e. The first kappa shape index (κ1) is 13.5. The predicted octanol–water partition coefficient (Wildman–Crippen LogP) is 3.70. The van der Waals surface area contributed by atoms with Crippen molar-refractivity contribution in [3.63, 3.8) is 0 Å². The Hall–Kier alpha value is -0.530. The third-order valence-corrected chi connectivity index (χ3v) is 2.67. The van der Waals surface area contributed by atoms with Crippen molar-refractivity contribution in [1.82, 2.24) is 0 Å². The van der Waals surface area contributed by atoms with Gasteiger partial charge >= 0.3 is 5.97 Å². The maximum absolute atomic E-state index is 10.3. The van der Waals surface area contributed by atoms with Crippen molar-refractivity contribution in [2.45, 2.75) is 59.3 Å². The molecule has 2 heteroatoms. The minimum absolute atomic E-state index is 0.326. The Morgan fingerprint density at radius 1 is 1.21 bits per heavy atom. The first-order valence-corrected chi connectivity index (χ1v) is 5.78. The van der Waals surface area contributed by atoms with Crippen LogP contribution in [0.5, 0.6) is 0 Å². The summed E-state index contributed by atoms with van der Waals surface area (Å²) >= 11 is 0. The van der Waals surface area contributed by atoms with E-state index >= 15 is 0 Å². The maximum atomic E-state index is 10.3. The molecule has 0 aromatic rings. The van der Waals surface area contributed by atoms with Crippen LogP contribution in [0.2, 0.25) is 0 Å². The van der Waals surface area contributed by atoms with E-state index in [9.17, 15) is 4.79 Å². The van der Waals surface area contributed by atoms with Crippen LogP contribution < -0.4 is 0 Å². The summed E-state index contributed by atoms with van der Waals surface area (Å²) in [5.41, 5.74) is 0. The van der Waals surface area contributed by atoms with Crippen molar-refractivity contribution in [1.29, 1.82) is 0 Å². The molecule has 2 nitrogen and oxygen atoms in total. The van der Waals surface area contributed by atoms with Gasteiger partial charge in [-0.2, -0.15) is 0 Å². The molecule has 84 valence electrons. The number of hydrogen-bond acceptors (Lipinski definition) is 1. The molecule has 0 radical (unpaired) electrons. The van der Waals surface area contributed by atoms with E-state index in [4.69, 9.17) is 5.11 Å². The first-order valence-electron chi connectivity index (χ1n) is 5.78. The van der Waals surface area contributed by atoms with Crippen molar-refractivity contribution in [2.75, 3.05) is 0 Å². The monoisotopic (exact) mass is 200 g/mol. The minimum Gasteiger partial charge on any atom is -0.481 e. The standard InChI is InChI=1S/C12H24O2/c1-4-6-10(2)9-11(3)7-5-8-12(13)14/h10-11H,4-9H2,1-3H3,(H,13,14). The van der Waals surface area contributed by atoms with E-state index in [0.29, 0.717) is 12.3 Å². The number of aliphatic carboxylic acids is 1. The van der Waals surface area contributed by atoms with E-state index in [-0.39, 0.29) is 0 Å². The molecule has 0 aromatic heterocycles. The number of carboxylic acid groups (broad SMARTS) is 1. The van der Waals surface area contributed by atoms with Crippen LogP contribution in [-0.2, 0) is 4.79 Å². The van der Waals surface area contributed by atoms with Crippen LogP contribution in [0.15, 0.2) is 0 Å². The molecule has 0 aromatic carbocycles. The maximum Gasteiger partial charge on any atom is 0.303 e. The lowest BCUT2D eigenvalue weighted by Gasteiger charge is -2.15. The van der Waals surface area contributed by atoms with Crippen LogP contribution >= 0.6 is 0 Å². The molecule has 0 fully saturated rings. The normalized spacial score (nSPS) is 15.1. The molecular weight excluding hydrogens is 176 g/mol. The summed E-state index contributed by atoms with van der Waals surface area (Å²) < 4.78 is 0. The fourth-order valence-corrected chi connectivity index (χ4v) is 2.02. The van der Waals surface area contributed by atoms with Gasteiger partial charge < -0.3 is 5.11 Å². The second-order valence-corrected chi connectivity index (χ2v) is 4.52. The van der Waals surface area contributed by atoms with E-state index < -0.39 is 5.97 Å². The molecule has 0 amide bonds. The van der Waals surface area contributed by atoms with Crippen LogP contribution in [0.4, 0.5) is 0 Å². The largest absolute Gasteiger partial charge is 0.481 e. The third-order valence-electron chi connectivity index (χ3n) is 2.67. The predicted molar refractivity (Wildman–Crippen MR) is 59.3 cm³/mol. The Morgan fingerprint density at radius 2 is 1.79 bits per heavy atom. The van der Waals surface area contributed by atoms with Crippen molar-refractivity contribution < 1.29 is 9.90 Å². The molecule has 0 aliphatic rings. The second kappa shape index (κ2) is 7.84. The van der Waals surface area contributed by atoms with Gasteiger partial charge in [0.15, 0.2) is 0 Å². The molecule has 1 N–H and O–H groups in total. The van der Waals surface area contributed by atoms with Crippen molar-refractivity contribution in [2.24, 2.45) is 11.8 Å². The highest BCUT2D eigenvalue weighted by molar-refractivity contribution is 5.66. The zero-order valence-electron chi connectivity index (χ0n) is 9.75. The Labute approximate surface area is 87.7 Å². The van der Waals surface area contributed by atoms with Crippen LogP contribution in [0, 0.1) is 11.8 Å². The van der Waals surface area contributed by atoms with Crippen LogP contribution in [0.25, 0.3) is 0 Å². The molecule has 0 heterocycles. The highest BCUT2D eigenvalue weighted by Crippen LogP contribution is 2.20. The van der Waals surface area contributed by atoms with Crippen molar-refractivity contribution >= 4 is 5.97 Å². The minimum atomic E-state index is -0.668. The topological polar surface area (TPSA) is 37.3 Å². The average Bonchev–Trinajstić information content (AvgIpc) is 2.03. The summed E-state index contributed by atoms with van der Waals surface area (Å²) in [6, 6.07) is 0. The van der Waals surface area contributed by atoms with Gasteiger partial charge in [0, 0.05) is 6.42 Å². The Bertz CT molecular complexity index is 154. The second-order valence-electron chi connectivity index (χ2n) is 4.52. The van der Waals surface area contributed by atoms with Gasteiger partial charge in [-0.25, -0.2) is 0 Å². The van der Waals surface area contributed by atoms with Gasteiger partial charge in [0.25, 0.3) is 0 Å². The van der Waals surface area contributed by atoms with Gasteiger partial charge in [-0.3, -0.25) is 4.79 Å². The lowest BCUT2D eigenvalue weighted by atomic mass is 9.90. The molecular formula is C12H24O2. The quantitative estimate of drug-likeness (QED) is 0.648. The fourth-order valence-electron chi connectivity index (χ4n) is 2.02. The van der Waals surface area contributed by atoms with Crippen LogP contribution in [0.3, 0.4) is 0 Å². The Morgan fingerprint density at radius 3 is 2.29 bits per heavy atom. The Kier molecular flexibility index (Phi) is 7.54. The van der Waals surface area contributed by atoms with E-state index in [1.165, 1.54) is 19.3 Å². The molecule has 2 atom stereocenters. The van der Waals surface area contributed by atoms with Crippen molar-refractivity contribution in [3.05, 3.63) is 0 Å². The highest BCUT2D eigenvalue weighted by atomic mass is 16.4. The van der Waals surface area contributed by atoms with Crippen molar-refractivity contribution in [3.8, 4) is 0 Å². The SMILES string of the molecule is CCCC(C)CC(C)CCCC(=O)O. The first-order chi connectivity index (χ1) is 6.56. The van der Waals surface area contributed by atoms with Gasteiger partial charge in [0.05, 0.1) is 0 Å². The number of carbonyl (C=O) groups is 1. The molecule has 0 saturated carbocycles. The summed E-state index contributed by atoms with van der Waals surface area (Å²) in [7, 11) is 0. The van der Waals surface area contributed by atoms with Gasteiger partial charge in [-0.05, 0) is 24.7 Å². The third kappa shape index (κ3) is 8.09. The Balaban J connectivity index is 3.44. The number of rotatable bonds is 8. The molecule has 0 spiro atoms. The summed E-state index contributed by atoms with van der Waals surface area (Å²) in [6.45, 7) is 6.73. The van der Waals surface area contributed by atoms with Gasteiger partial charge in [0.1, 0.15) is 0 Å².